The fourth-order valence-electron chi connectivity index (χ4n) is 10.4. The summed E-state index contributed by atoms with van der Waals surface area (Å²) in [7, 11) is 4.79. The van der Waals surface area contributed by atoms with Crippen LogP contribution >= 0.6 is 8.24 Å². The maximum absolute atomic E-state index is 7.38. The highest BCUT2D eigenvalue weighted by Gasteiger charge is 2.25. The summed E-state index contributed by atoms with van der Waals surface area (Å²) >= 11 is 0. The van der Waals surface area contributed by atoms with Crippen molar-refractivity contribution in [1.29, 1.82) is 0 Å². The number of hydrogen-bond acceptors (Lipinski definition) is 7. The van der Waals surface area contributed by atoms with E-state index in [2.05, 4.69) is 153 Å². The molecule has 1 aromatic heterocycles. The van der Waals surface area contributed by atoms with E-state index in [-0.39, 0.29) is 5.92 Å². The third-order valence-electron chi connectivity index (χ3n) is 13.6. The topological polar surface area (TPSA) is 72.4 Å². The maximum atomic E-state index is 7.38. The first-order valence-corrected chi connectivity index (χ1v) is 23.3. The van der Waals surface area contributed by atoms with Crippen molar-refractivity contribution in [2.75, 3.05) is 35.0 Å². The molecule has 0 N–H and O–H groups in total. The third kappa shape index (κ3) is 6.15. The van der Waals surface area contributed by atoms with Crippen LogP contribution in [0.15, 0.2) is 160 Å². The van der Waals surface area contributed by atoms with Crippen molar-refractivity contribution in [2.24, 2.45) is 0 Å². The van der Waals surface area contributed by atoms with Gasteiger partial charge in [-0.15, -0.1) is 0 Å². The first kappa shape index (κ1) is 40.1. The Kier molecular flexibility index (Phi) is 9.67. The highest BCUT2D eigenvalue weighted by atomic mass is 31.1. The maximum Gasteiger partial charge on any atom is 0.387 e. The highest BCUT2D eigenvalue weighted by Crippen LogP contribution is 2.52. The summed E-state index contributed by atoms with van der Waals surface area (Å²) in [6.07, 6.45) is 0.759. The lowest BCUT2D eigenvalue weighted by Gasteiger charge is -2.17. The lowest BCUT2D eigenvalue weighted by atomic mass is 9.90. The molecule has 0 unspecified atom stereocenters. The monoisotopic (exact) mass is 884 g/mol. The van der Waals surface area contributed by atoms with Crippen molar-refractivity contribution in [3.05, 3.63) is 157 Å². The largest absolute Gasteiger partial charge is 0.496 e. The molecule has 66 heavy (non-hydrogen) atoms. The Labute approximate surface area is 381 Å². The van der Waals surface area contributed by atoms with Gasteiger partial charge in [-0.2, -0.15) is 0 Å². The zero-order chi connectivity index (χ0) is 44.6. The first-order valence-electron chi connectivity index (χ1n) is 22.2. The molecule has 0 aliphatic heterocycles. The second kappa shape index (κ2) is 15.9. The van der Waals surface area contributed by atoms with Crippen LogP contribution in [0.3, 0.4) is 0 Å². The van der Waals surface area contributed by atoms with Crippen LogP contribution in [-0.4, -0.2) is 35.0 Å². The zero-order valence-corrected chi connectivity index (χ0v) is 38.1. The molecule has 0 aliphatic carbocycles. The molecule has 0 spiro atoms. The molecule has 12 aromatic rings. The molecule has 0 saturated heterocycles. The van der Waals surface area contributed by atoms with Gasteiger partial charge in [0.1, 0.15) is 23.0 Å². The normalized spacial score (nSPS) is 12.4. The molecule has 324 valence electrons. The van der Waals surface area contributed by atoms with Gasteiger partial charge < -0.3 is 27.3 Å². The lowest BCUT2D eigenvalue weighted by Crippen LogP contribution is -2.01. The number of rotatable bonds is 9. The van der Waals surface area contributed by atoms with E-state index in [9.17, 15) is 0 Å². The Morgan fingerprint density at radius 2 is 0.803 bits per heavy atom. The number of fused-ring (bicyclic) bond motifs is 19. The number of hydrogen-bond donors (Lipinski definition) is 0. The molecule has 0 fully saturated rings. The molecular formula is C58H45O7P. The van der Waals surface area contributed by atoms with Gasteiger partial charge in [0.2, 0.25) is 0 Å². The molecule has 8 heteroatoms. The van der Waals surface area contributed by atoms with Crippen molar-refractivity contribution >= 4 is 116 Å². The van der Waals surface area contributed by atoms with Crippen LogP contribution in [0.25, 0.3) is 108 Å². The van der Waals surface area contributed by atoms with Gasteiger partial charge in [0, 0.05) is 53.9 Å². The summed E-state index contributed by atoms with van der Waals surface area (Å²) in [6.45, 7) is 2.63. The molecule has 0 aliphatic rings. The zero-order valence-electron chi connectivity index (χ0n) is 37.2. The minimum absolute atomic E-state index is 0.245. The number of ether oxygens (including phenoxy) is 4. The standard InChI is InChI=1S/C58H45O7P/c1-33(34-13-7-6-8-14-34)27-28-63-66-64-57-43(29-49(61-4)45-31-47(59-2)41-25-23-37-21-19-35-15-9-11-17-39(35)51(37)53(41)55(45)57)44-30-50(62-5)46-32-48(60-3)42-26-24-38-22-20-36-16-10-12-18-40(36)52(38)54(42)56(46)58(44)65-66/h6-26,29-33H,27-28H2,1-5H3/t33-/m0/s1. The average molecular weight is 885 g/mol. The van der Waals surface area contributed by atoms with Gasteiger partial charge in [0.25, 0.3) is 0 Å². The van der Waals surface area contributed by atoms with Crippen molar-refractivity contribution < 1.29 is 31.9 Å². The summed E-state index contributed by atoms with van der Waals surface area (Å²) < 4.78 is 46.8. The van der Waals surface area contributed by atoms with Gasteiger partial charge in [-0.25, -0.2) is 0 Å². The fraction of sp³-hybridized carbons (Fsp3) is 0.138. The summed E-state index contributed by atoms with van der Waals surface area (Å²) in [5.74, 6) is 3.03. The Balaban J connectivity index is 1.31. The summed E-state index contributed by atoms with van der Waals surface area (Å²) in [5, 5.41) is 17.8. The lowest BCUT2D eigenvalue weighted by molar-refractivity contribution is 0.353. The number of methoxy groups -OCH3 is 4. The van der Waals surface area contributed by atoms with E-state index in [4.69, 9.17) is 31.9 Å². The van der Waals surface area contributed by atoms with Crippen LogP contribution in [0.5, 0.6) is 23.0 Å². The van der Waals surface area contributed by atoms with E-state index in [0.717, 1.165) is 115 Å². The average Bonchev–Trinajstić information content (AvgIpc) is 3.52. The van der Waals surface area contributed by atoms with Gasteiger partial charge in [-0.1, -0.05) is 122 Å². The molecule has 7 nitrogen and oxygen atoms in total. The fourth-order valence-corrected chi connectivity index (χ4v) is 11.4. The molecule has 0 saturated carbocycles. The Hall–Kier alpha value is -7.44. The van der Waals surface area contributed by atoms with E-state index < -0.39 is 8.24 Å². The Morgan fingerprint density at radius 3 is 1.29 bits per heavy atom. The summed E-state index contributed by atoms with van der Waals surface area (Å²) in [5.41, 5.74) is 2.52. The number of benzene rings is 11. The second-order valence-electron chi connectivity index (χ2n) is 17.0. The predicted octanol–water partition coefficient (Wildman–Crippen LogP) is 16.2. The summed E-state index contributed by atoms with van der Waals surface area (Å²) in [4.78, 5) is 0. The first-order chi connectivity index (χ1) is 32.5. The van der Waals surface area contributed by atoms with Crippen molar-refractivity contribution in [2.45, 2.75) is 19.3 Å². The van der Waals surface area contributed by atoms with Crippen LogP contribution in [0.4, 0.5) is 0 Å². The molecule has 1 heterocycles. The second-order valence-corrected chi connectivity index (χ2v) is 18.1. The summed E-state index contributed by atoms with van der Waals surface area (Å²) in [6, 6.07) is 53.2. The van der Waals surface area contributed by atoms with Gasteiger partial charge in [0.05, 0.1) is 35.0 Å². The smallest absolute Gasteiger partial charge is 0.387 e. The predicted molar refractivity (Wildman–Crippen MR) is 273 cm³/mol. The van der Waals surface area contributed by atoms with Crippen LogP contribution in [0, 0.1) is 0 Å². The molecule has 0 bridgehead atoms. The van der Waals surface area contributed by atoms with Gasteiger partial charge in [-0.3, -0.25) is 4.52 Å². The molecule has 1 atom stereocenters. The van der Waals surface area contributed by atoms with E-state index >= 15 is 0 Å². The Morgan fingerprint density at radius 1 is 0.394 bits per heavy atom. The van der Waals surface area contributed by atoms with Gasteiger partial charge in [-0.05, 0) is 97.4 Å². The van der Waals surface area contributed by atoms with Crippen LogP contribution in [0.1, 0.15) is 24.8 Å². The van der Waals surface area contributed by atoms with E-state index in [1.807, 2.05) is 6.07 Å². The van der Waals surface area contributed by atoms with E-state index in [1.165, 1.54) is 5.56 Å². The van der Waals surface area contributed by atoms with Gasteiger partial charge >= 0.3 is 8.24 Å². The van der Waals surface area contributed by atoms with Crippen molar-refractivity contribution in [3.63, 3.8) is 0 Å². The SMILES string of the molecule is COc1cc2c3cc(OC)c4cc(OC)c5ccc6ccc7ccccc7c6c5c4c3op(OCC[C@H](C)c3ccccc3)oc2c2c1cc(OC)c1ccc3ccc4ccccc4c3c12. The highest BCUT2D eigenvalue weighted by molar-refractivity contribution is 7.31. The van der Waals surface area contributed by atoms with Crippen LogP contribution in [-0.2, 0) is 0 Å². The van der Waals surface area contributed by atoms with E-state index in [1.54, 1.807) is 28.4 Å². The minimum Gasteiger partial charge on any atom is -0.496 e. The Bertz CT molecular complexity index is 3760. The third-order valence-corrected chi connectivity index (χ3v) is 14.6. The van der Waals surface area contributed by atoms with E-state index in [0.29, 0.717) is 29.3 Å². The molecule has 12 rings (SSSR count). The molecular weight excluding hydrogens is 840 g/mol. The molecule has 11 aromatic carbocycles. The van der Waals surface area contributed by atoms with Crippen molar-refractivity contribution in [3.8, 4) is 23.0 Å². The van der Waals surface area contributed by atoms with Gasteiger partial charge in [0.15, 0.2) is 11.2 Å². The minimum atomic E-state index is -2.08. The van der Waals surface area contributed by atoms with Crippen LogP contribution in [0.2, 0.25) is 0 Å². The molecule has 0 amide bonds. The quantitative estimate of drug-likeness (QED) is 0.134. The van der Waals surface area contributed by atoms with Crippen LogP contribution < -0.4 is 23.5 Å². The molecule has 0 radical (unpaired) electrons. The van der Waals surface area contributed by atoms with Crippen molar-refractivity contribution in [1.82, 2.24) is 0 Å².